The van der Waals surface area contributed by atoms with Gasteiger partial charge in [-0.2, -0.15) is 0 Å². The van der Waals surface area contributed by atoms with Gasteiger partial charge >= 0.3 is 5.97 Å². The maximum Gasteiger partial charge on any atom is 0.307 e. The molecule has 0 aromatic heterocycles. The van der Waals surface area contributed by atoms with E-state index in [0.717, 1.165) is 5.56 Å². The standard InChI is InChI=1S/C15H20ClNO3/c1-11(2)20-15(19)9-10-17-14(18)8-5-12-3-6-13(16)7-4-12/h3-4,6-7,11H,5,8-10H2,1-2H3,(H,17,18). The second-order valence-corrected chi connectivity index (χ2v) is 5.20. The topological polar surface area (TPSA) is 55.4 Å². The lowest BCUT2D eigenvalue weighted by molar-refractivity contribution is -0.147. The molecule has 0 aliphatic heterocycles. The van der Waals surface area contributed by atoms with Crippen LogP contribution in [0.2, 0.25) is 5.02 Å². The maximum atomic E-state index is 11.6. The fraction of sp³-hybridized carbons (Fsp3) is 0.467. The van der Waals surface area contributed by atoms with Gasteiger partial charge in [0, 0.05) is 18.0 Å². The molecule has 0 bridgehead atoms. The van der Waals surface area contributed by atoms with Gasteiger partial charge in [0.15, 0.2) is 0 Å². The van der Waals surface area contributed by atoms with E-state index in [-0.39, 0.29) is 24.4 Å². The minimum Gasteiger partial charge on any atom is -0.463 e. The number of nitrogens with one attached hydrogen (secondary N) is 1. The number of carbonyl (C=O) groups is 2. The SMILES string of the molecule is CC(C)OC(=O)CCNC(=O)CCc1ccc(Cl)cc1. The van der Waals surface area contributed by atoms with Gasteiger partial charge < -0.3 is 10.1 Å². The number of benzene rings is 1. The van der Waals surface area contributed by atoms with Crippen LogP contribution >= 0.6 is 11.6 Å². The summed E-state index contributed by atoms with van der Waals surface area (Å²) in [5.41, 5.74) is 1.06. The number of halogens is 1. The Labute approximate surface area is 124 Å². The van der Waals surface area contributed by atoms with E-state index in [0.29, 0.717) is 24.4 Å². The van der Waals surface area contributed by atoms with Gasteiger partial charge in [0.05, 0.1) is 12.5 Å². The Hall–Kier alpha value is -1.55. The normalized spacial score (nSPS) is 10.4. The molecule has 1 amide bonds. The highest BCUT2D eigenvalue weighted by atomic mass is 35.5. The summed E-state index contributed by atoms with van der Waals surface area (Å²) in [7, 11) is 0. The Morgan fingerprint density at radius 2 is 1.85 bits per heavy atom. The third-order valence-corrected chi connectivity index (χ3v) is 2.82. The molecule has 110 valence electrons. The van der Waals surface area contributed by atoms with Crippen LogP contribution in [0.5, 0.6) is 0 Å². The molecule has 1 aromatic rings. The molecule has 0 atom stereocenters. The second-order valence-electron chi connectivity index (χ2n) is 4.77. The lowest BCUT2D eigenvalue weighted by Crippen LogP contribution is -2.27. The average Bonchev–Trinajstić information content (AvgIpc) is 2.37. The first-order chi connectivity index (χ1) is 9.47. The summed E-state index contributed by atoms with van der Waals surface area (Å²) in [5.74, 6) is -0.365. The molecule has 5 heteroatoms. The first kappa shape index (κ1) is 16.5. The number of esters is 1. The van der Waals surface area contributed by atoms with Gasteiger partial charge in [-0.3, -0.25) is 9.59 Å². The van der Waals surface area contributed by atoms with E-state index in [1.54, 1.807) is 26.0 Å². The lowest BCUT2D eigenvalue weighted by atomic mass is 10.1. The van der Waals surface area contributed by atoms with Crippen molar-refractivity contribution in [2.75, 3.05) is 6.54 Å². The van der Waals surface area contributed by atoms with E-state index < -0.39 is 0 Å². The third kappa shape index (κ3) is 7.14. The van der Waals surface area contributed by atoms with Crippen molar-refractivity contribution < 1.29 is 14.3 Å². The van der Waals surface area contributed by atoms with Gasteiger partial charge in [0.1, 0.15) is 0 Å². The smallest absolute Gasteiger partial charge is 0.307 e. The van der Waals surface area contributed by atoms with E-state index in [9.17, 15) is 9.59 Å². The molecule has 20 heavy (non-hydrogen) atoms. The Morgan fingerprint density at radius 1 is 1.20 bits per heavy atom. The van der Waals surface area contributed by atoms with Gasteiger partial charge in [-0.25, -0.2) is 0 Å². The van der Waals surface area contributed by atoms with Crippen LogP contribution in [0.1, 0.15) is 32.3 Å². The van der Waals surface area contributed by atoms with E-state index >= 15 is 0 Å². The van der Waals surface area contributed by atoms with Crippen molar-refractivity contribution in [2.45, 2.75) is 39.2 Å². The van der Waals surface area contributed by atoms with Crippen LogP contribution in [0.25, 0.3) is 0 Å². The predicted octanol–water partition coefficient (Wildman–Crippen LogP) is 2.73. The molecule has 0 saturated carbocycles. The van der Waals surface area contributed by atoms with Crippen LogP contribution in [0.15, 0.2) is 24.3 Å². The number of hydrogen-bond acceptors (Lipinski definition) is 3. The molecule has 0 heterocycles. The molecule has 1 aromatic carbocycles. The fourth-order valence-corrected chi connectivity index (χ4v) is 1.75. The Kier molecular flexibility index (Phi) is 7.09. The van der Waals surface area contributed by atoms with Crippen molar-refractivity contribution in [3.8, 4) is 0 Å². The number of ether oxygens (including phenoxy) is 1. The van der Waals surface area contributed by atoms with Crippen LogP contribution in [0.3, 0.4) is 0 Å². The van der Waals surface area contributed by atoms with Crippen molar-refractivity contribution in [1.29, 1.82) is 0 Å². The zero-order chi connectivity index (χ0) is 15.0. The highest BCUT2D eigenvalue weighted by Gasteiger charge is 2.07. The zero-order valence-corrected chi connectivity index (χ0v) is 12.6. The number of aryl methyl sites for hydroxylation is 1. The average molecular weight is 298 g/mol. The molecule has 0 fully saturated rings. The summed E-state index contributed by atoms with van der Waals surface area (Å²) < 4.78 is 4.97. The highest BCUT2D eigenvalue weighted by molar-refractivity contribution is 6.30. The summed E-state index contributed by atoms with van der Waals surface area (Å²) in [6, 6.07) is 7.40. The molecule has 1 rings (SSSR count). The van der Waals surface area contributed by atoms with Gasteiger partial charge in [0.25, 0.3) is 0 Å². The van der Waals surface area contributed by atoms with Crippen molar-refractivity contribution in [2.24, 2.45) is 0 Å². The minimum atomic E-state index is -0.294. The van der Waals surface area contributed by atoms with Crippen LogP contribution in [-0.2, 0) is 20.7 Å². The third-order valence-electron chi connectivity index (χ3n) is 2.57. The Bertz CT molecular complexity index is 443. The monoisotopic (exact) mass is 297 g/mol. The van der Waals surface area contributed by atoms with Crippen LogP contribution in [-0.4, -0.2) is 24.5 Å². The van der Waals surface area contributed by atoms with Crippen molar-refractivity contribution in [3.63, 3.8) is 0 Å². The zero-order valence-electron chi connectivity index (χ0n) is 11.8. The van der Waals surface area contributed by atoms with Crippen molar-refractivity contribution >= 4 is 23.5 Å². The summed E-state index contributed by atoms with van der Waals surface area (Å²) in [6.07, 6.45) is 1.12. The minimum absolute atomic E-state index is 0.0719. The molecule has 0 radical (unpaired) electrons. The largest absolute Gasteiger partial charge is 0.463 e. The number of carbonyl (C=O) groups excluding carboxylic acids is 2. The van der Waals surface area contributed by atoms with E-state index in [1.165, 1.54) is 0 Å². The molecule has 4 nitrogen and oxygen atoms in total. The van der Waals surface area contributed by atoms with Crippen LogP contribution < -0.4 is 5.32 Å². The highest BCUT2D eigenvalue weighted by Crippen LogP contribution is 2.10. The van der Waals surface area contributed by atoms with E-state index in [1.807, 2.05) is 12.1 Å². The Morgan fingerprint density at radius 3 is 2.45 bits per heavy atom. The molecule has 0 aliphatic rings. The predicted molar refractivity (Wildman–Crippen MR) is 78.6 cm³/mol. The van der Waals surface area contributed by atoms with Crippen LogP contribution in [0.4, 0.5) is 0 Å². The first-order valence-corrected chi connectivity index (χ1v) is 7.06. The van der Waals surface area contributed by atoms with Gasteiger partial charge in [-0.05, 0) is 38.0 Å². The molecular formula is C15H20ClNO3. The Balaban J connectivity index is 2.17. The summed E-state index contributed by atoms with van der Waals surface area (Å²) in [5, 5.41) is 3.38. The molecule has 1 N–H and O–H groups in total. The molecule has 0 saturated heterocycles. The maximum absolute atomic E-state index is 11.6. The number of hydrogen-bond donors (Lipinski definition) is 1. The fourth-order valence-electron chi connectivity index (χ4n) is 1.62. The molecule has 0 unspecified atom stereocenters. The van der Waals surface area contributed by atoms with Gasteiger partial charge in [-0.1, -0.05) is 23.7 Å². The van der Waals surface area contributed by atoms with E-state index in [2.05, 4.69) is 5.32 Å². The van der Waals surface area contributed by atoms with Crippen molar-refractivity contribution in [1.82, 2.24) is 5.32 Å². The lowest BCUT2D eigenvalue weighted by Gasteiger charge is -2.08. The first-order valence-electron chi connectivity index (χ1n) is 6.68. The van der Waals surface area contributed by atoms with Gasteiger partial charge in [0.2, 0.25) is 5.91 Å². The van der Waals surface area contributed by atoms with Crippen molar-refractivity contribution in [3.05, 3.63) is 34.9 Å². The quantitative estimate of drug-likeness (QED) is 0.787. The van der Waals surface area contributed by atoms with Gasteiger partial charge in [-0.15, -0.1) is 0 Å². The molecular weight excluding hydrogens is 278 g/mol. The van der Waals surface area contributed by atoms with E-state index in [4.69, 9.17) is 16.3 Å². The summed E-state index contributed by atoms with van der Waals surface area (Å²) in [6.45, 7) is 3.90. The molecule has 0 aliphatic carbocycles. The summed E-state index contributed by atoms with van der Waals surface area (Å²) >= 11 is 5.79. The summed E-state index contributed by atoms with van der Waals surface area (Å²) in [4.78, 5) is 22.9. The number of amides is 1. The second kappa shape index (κ2) is 8.59. The number of rotatable bonds is 7. The van der Waals surface area contributed by atoms with Crippen LogP contribution in [0, 0.1) is 0 Å². The molecule has 0 spiro atoms.